The molecule has 1 rings (SSSR count). The summed E-state index contributed by atoms with van der Waals surface area (Å²) in [5, 5.41) is 0. The van der Waals surface area contributed by atoms with Gasteiger partial charge in [-0.15, -0.1) is 11.6 Å². The number of alkyl halides is 1. The van der Waals surface area contributed by atoms with Crippen molar-refractivity contribution < 1.29 is 4.74 Å². The molecule has 0 saturated heterocycles. The van der Waals surface area contributed by atoms with Crippen molar-refractivity contribution >= 4 is 17.3 Å². The molecule has 0 aliphatic heterocycles. The highest BCUT2D eigenvalue weighted by atomic mass is 35.5. The van der Waals surface area contributed by atoms with E-state index in [1.807, 2.05) is 0 Å². The molecular formula is C14H22ClNO. The molecule has 96 valence electrons. The third-order valence-corrected chi connectivity index (χ3v) is 3.50. The van der Waals surface area contributed by atoms with Crippen LogP contribution in [0.2, 0.25) is 0 Å². The third kappa shape index (κ3) is 3.06. The Bertz CT molecular complexity index is 390. The van der Waals surface area contributed by atoms with Crippen LogP contribution >= 0.6 is 11.6 Å². The van der Waals surface area contributed by atoms with Crippen molar-refractivity contribution in [2.24, 2.45) is 0 Å². The normalized spacial score (nSPS) is 10.5. The van der Waals surface area contributed by atoms with Crippen molar-refractivity contribution in [1.82, 2.24) is 0 Å². The average molecular weight is 256 g/mol. The van der Waals surface area contributed by atoms with E-state index in [4.69, 9.17) is 16.3 Å². The number of aryl methyl sites for hydroxylation is 1. The molecule has 0 aliphatic rings. The quantitative estimate of drug-likeness (QED) is 0.744. The van der Waals surface area contributed by atoms with Crippen LogP contribution in [0.15, 0.2) is 6.07 Å². The van der Waals surface area contributed by atoms with Crippen LogP contribution in [0.5, 0.6) is 5.75 Å². The zero-order valence-electron chi connectivity index (χ0n) is 11.4. The standard InChI is InChI=1S/C14H22ClNO/c1-10-9-13(17-5)11(2)12(3)14(10)16(4)8-6-7-15/h9H,6-8H2,1-5H3. The smallest absolute Gasteiger partial charge is 0.122 e. The summed E-state index contributed by atoms with van der Waals surface area (Å²) < 4.78 is 5.38. The Morgan fingerprint density at radius 1 is 1.24 bits per heavy atom. The zero-order chi connectivity index (χ0) is 13.0. The summed E-state index contributed by atoms with van der Waals surface area (Å²) in [6.45, 7) is 7.36. The van der Waals surface area contributed by atoms with E-state index >= 15 is 0 Å². The number of nitrogens with zero attached hydrogens (tertiary/aromatic N) is 1. The number of rotatable bonds is 5. The largest absolute Gasteiger partial charge is 0.496 e. The minimum absolute atomic E-state index is 0.706. The van der Waals surface area contributed by atoms with E-state index in [1.54, 1.807) is 7.11 Å². The summed E-state index contributed by atoms with van der Waals surface area (Å²) in [6.07, 6.45) is 1.00. The maximum atomic E-state index is 5.74. The summed E-state index contributed by atoms with van der Waals surface area (Å²) >= 11 is 5.74. The second-order valence-corrected chi connectivity index (χ2v) is 4.84. The summed E-state index contributed by atoms with van der Waals surface area (Å²) in [5.74, 6) is 1.67. The molecule has 0 fully saturated rings. The van der Waals surface area contributed by atoms with Gasteiger partial charge in [0.15, 0.2) is 0 Å². The van der Waals surface area contributed by atoms with Gasteiger partial charge in [-0.2, -0.15) is 0 Å². The first-order valence-corrected chi connectivity index (χ1v) is 6.48. The predicted octanol–water partition coefficient (Wildman–Crippen LogP) is 3.69. The van der Waals surface area contributed by atoms with Crippen LogP contribution in [0.3, 0.4) is 0 Å². The lowest BCUT2D eigenvalue weighted by Gasteiger charge is -2.25. The van der Waals surface area contributed by atoms with Gasteiger partial charge < -0.3 is 9.64 Å². The second kappa shape index (κ2) is 6.15. The summed E-state index contributed by atoms with van der Waals surface area (Å²) in [7, 11) is 3.84. The molecule has 1 aromatic carbocycles. The lowest BCUT2D eigenvalue weighted by Crippen LogP contribution is -2.21. The second-order valence-electron chi connectivity index (χ2n) is 4.46. The molecule has 17 heavy (non-hydrogen) atoms. The molecule has 0 unspecified atom stereocenters. The van der Waals surface area contributed by atoms with Gasteiger partial charge in [-0.1, -0.05) is 0 Å². The highest BCUT2D eigenvalue weighted by Gasteiger charge is 2.13. The van der Waals surface area contributed by atoms with E-state index in [0.29, 0.717) is 5.88 Å². The molecule has 0 N–H and O–H groups in total. The maximum Gasteiger partial charge on any atom is 0.122 e. The average Bonchev–Trinajstić information content (AvgIpc) is 2.31. The monoisotopic (exact) mass is 255 g/mol. The van der Waals surface area contributed by atoms with Crippen LogP contribution in [-0.2, 0) is 0 Å². The Hall–Kier alpha value is -0.890. The van der Waals surface area contributed by atoms with Gasteiger partial charge in [0.2, 0.25) is 0 Å². The number of hydrogen-bond donors (Lipinski definition) is 0. The summed E-state index contributed by atoms with van der Waals surface area (Å²) in [5.41, 5.74) is 5.06. The predicted molar refractivity (Wildman–Crippen MR) is 75.8 cm³/mol. The molecule has 0 bridgehead atoms. The Labute approximate surface area is 110 Å². The molecule has 3 heteroatoms. The Morgan fingerprint density at radius 3 is 2.41 bits per heavy atom. The molecule has 0 amide bonds. The first kappa shape index (κ1) is 14.2. The van der Waals surface area contributed by atoms with Gasteiger partial charge in [0.1, 0.15) is 5.75 Å². The van der Waals surface area contributed by atoms with Crippen molar-refractivity contribution in [1.29, 1.82) is 0 Å². The van der Waals surface area contributed by atoms with Crippen LogP contribution in [0, 0.1) is 20.8 Å². The molecular weight excluding hydrogens is 234 g/mol. The van der Waals surface area contributed by atoms with E-state index < -0.39 is 0 Å². The molecule has 0 aliphatic carbocycles. The van der Waals surface area contributed by atoms with E-state index in [9.17, 15) is 0 Å². The maximum absolute atomic E-state index is 5.74. The number of anilines is 1. The highest BCUT2D eigenvalue weighted by molar-refractivity contribution is 6.17. The number of halogens is 1. The van der Waals surface area contributed by atoms with Gasteiger partial charge in [0, 0.05) is 25.2 Å². The van der Waals surface area contributed by atoms with E-state index in [2.05, 4.69) is 38.8 Å². The molecule has 0 heterocycles. The topological polar surface area (TPSA) is 12.5 Å². The van der Waals surface area contributed by atoms with E-state index in [0.717, 1.165) is 18.7 Å². The fraction of sp³-hybridized carbons (Fsp3) is 0.571. The van der Waals surface area contributed by atoms with Crippen molar-refractivity contribution in [2.75, 3.05) is 31.5 Å². The van der Waals surface area contributed by atoms with Gasteiger partial charge in [0.25, 0.3) is 0 Å². The first-order valence-electron chi connectivity index (χ1n) is 5.94. The SMILES string of the molecule is COc1cc(C)c(N(C)CCCCl)c(C)c1C. The van der Waals surface area contributed by atoms with Crippen LogP contribution in [0.25, 0.3) is 0 Å². The van der Waals surface area contributed by atoms with Crippen molar-refractivity contribution in [2.45, 2.75) is 27.2 Å². The molecule has 0 saturated carbocycles. The van der Waals surface area contributed by atoms with Gasteiger partial charge in [-0.3, -0.25) is 0 Å². The van der Waals surface area contributed by atoms with Gasteiger partial charge in [-0.25, -0.2) is 0 Å². The highest BCUT2D eigenvalue weighted by Crippen LogP contribution is 2.33. The summed E-state index contributed by atoms with van der Waals surface area (Å²) in [4.78, 5) is 2.28. The van der Waals surface area contributed by atoms with E-state index in [1.165, 1.54) is 22.4 Å². The van der Waals surface area contributed by atoms with Crippen LogP contribution in [0.4, 0.5) is 5.69 Å². The minimum Gasteiger partial charge on any atom is -0.496 e. The number of benzene rings is 1. The fourth-order valence-corrected chi connectivity index (χ4v) is 2.36. The lowest BCUT2D eigenvalue weighted by atomic mass is 10.0. The van der Waals surface area contributed by atoms with Crippen LogP contribution in [-0.4, -0.2) is 26.6 Å². The lowest BCUT2D eigenvalue weighted by molar-refractivity contribution is 0.411. The molecule has 0 aromatic heterocycles. The van der Waals surface area contributed by atoms with Crippen molar-refractivity contribution in [3.8, 4) is 5.75 Å². The van der Waals surface area contributed by atoms with Gasteiger partial charge in [0.05, 0.1) is 7.11 Å². The first-order chi connectivity index (χ1) is 8.02. The van der Waals surface area contributed by atoms with Gasteiger partial charge in [-0.05, 0) is 49.9 Å². The molecule has 0 spiro atoms. The minimum atomic E-state index is 0.706. The molecule has 0 atom stereocenters. The number of hydrogen-bond acceptors (Lipinski definition) is 2. The third-order valence-electron chi connectivity index (χ3n) is 3.24. The fourth-order valence-electron chi connectivity index (χ4n) is 2.24. The Morgan fingerprint density at radius 2 is 1.88 bits per heavy atom. The van der Waals surface area contributed by atoms with Crippen molar-refractivity contribution in [3.63, 3.8) is 0 Å². The molecule has 2 nitrogen and oxygen atoms in total. The Balaban J connectivity index is 3.11. The number of ether oxygens (including phenoxy) is 1. The van der Waals surface area contributed by atoms with Crippen molar-refractivity contribution in [3.05, 3.63) is 22.8 Å². The van der Waals surface area contributed by atoms with Crippen LogP contribution < -0.4 is 9.64 Å². The van der Waals surface area contributed by atoms with Gasteiger partial charge >= 0.3 is 0 Å². The summed E-state index contributed by atoms with van der Waals surface area (Å²) in [6, 6.07) is 2.11. The van der Waals surface area contributed by atoms with E-state index in [-0.39, 0.29) is 0 Å². The Kier molecular flexibility index (Phi) is 5.13. The number of methoxy groups -OCH3 is 1. The zero-order valence-corrected chi connectivity index (χ0v) is 12.2. The van der Waals surface area contributed by atoms with Crippen LogP contribution in [0.1, 0.15) is 23.1 Å². The molecule has 1 aromatic rings. The molecule has 0 radical (unpaired) electrons.